The molecule has 1 fully saturated rings. The first-order valence-electron chi connectivity index (χ1n) is 6.81. The average Bonchev–Trinajstić information content (AvgIpc) is 3.11. The molecule has 5 nitrogen and oxygen atoms in total. The van der Waals surface area contributed by atoms with E-state index in [0.29, 0.717) is 12.3 Å². The SMILES string of the molecule is CCCc1nn(C)c2c1NC(=O)CC(C1CC1)N2. The fourth-order valence-corrected chi connectivity index (χ4v) is 2.69. The van der Waals surface area contributed by atoms with Gasteiger partial charge in [0.2, 0.25) is 5.91 Å². The van der Waals surface area contributed by atoms with E-state index in [0.717, 1.165) is 30.0 Å². The quantitative estimate of drug-likeness (QED) is 0.859. The highest BCUT2D eigenvalue weighted by Crippen LogP contribution is 2.39. The molecular weight excluding hydrogens is 228 g/mol. The molecule has 1 aromatic rings. The molecule has 5 heteroatoms. The summed E-state index contributed by atoms with van der Waals surface area (Å²) in [5, 5.41) is 11.1. The van der Waals surface area contributed by atoms with Crippen molar-refractivity contribution in [3.8, 4) is 0 Å². The van der Waals surface area contributed by atoms with Gasteiger partial charge in [-0.3, -0.25) is 9.48 Å². The van der Waals surface area contributed by atoms with Crippen molar-refractivity contribution >= 4 is 17.4 Å². The summed E-state index contributed by atoms with van der Waals surface area (Å²) in [6.07, 6.45) is 4.98. The van der Waals surface area contributed by atoms with Crippen molar-refractivity contribution in [2.45, 2.75) is 45.1 Å². The summed E-state index contributed by atoms with van der Waals surface area (Å²) in [6.45, 7) is 2.13. The van der Waals surface area contributed by atoms with Crippen LogP contribution < -0.4 is 10.6 Å². The number of rotatable bonds is 3. The van der Waals surface area contributed by atoms with Crippen molar-refractivity contribution in [2.75, 3.05) is 10.6 Å². The Morgan fingerprint density at radius 2 is 2.22 bits per heavy atom. The van der Waals surface area contributed by atoms with E-state index in [1.165, 1.54) is 12.8 Å². The van der Waals surface area contributed by atoms with Gasteiger partial charge >= 0.3 is 0 Å². The number of aryl methyl sites for hydroxylation is 2. The van der Waals surface area contributed by atoms with Crippen LogP contribution in [0.1, 0.15) is 38.3 Å². The summed E-state index contributed by atoms with van der Waals surface area (Å²) in [5.41, 5.74) is 1.89. The summed E-state index contributed by atoms with van der Waals surface area (Å²) in [6, 6.07) is 0.274. The summed E-state index contributed by atoms with van der Waals surface area (Å²) in [4.78, 5) is 12.0. The topological polar surface area (TPSA) is 59.0 Å². The number of anilines is 2. The zero-order valence-corrected chi connectivity index (χ0v) is 11.0. The van der Waals surface area contributed by atoms with Gasteiger partial charge in [-0.2, -0.15) is 5.10 Å². The Labute approximate surface area is 107 Å². The Kier molecular flexibility index (Phi) is 2.76. The van der Waals surface area contributed by atoms with Gasteiger partial charge in [0, 0.05) is 19.5 Å². The first kappa shape index (κ1) is 11.6. The number of amides is 1. The van der Waals surface area contributed by atoms with Gasteiger partial charge in [-0.1, -0.05) is 13.3 Å². The average molecular weight is 248 g/mol. The van der Waals surface area contributed by atoms with Crippen LogP contribution in [-0.2, 0) is 18.3 Å². The molecular formula is C13H20N4O. The van der Waals surface area contributed by atoms with Crippen LogP contribution in [-0.4, -0.2) is 21.7 Å². The lowest BCUT2D eigenvalue weighted by molar-refractivity contribution is -0.116. The molecule has 1 aliphatic heterocycles. The van der Waals surface area contributed by atoms with Gasteiger partial charge in [0.15, 0.2) is 0 Å². The van der Waals surface area contributed by atoms with E-state index in [4.69, 9.17) is 0 Å². The molecule has 3 rings (SSSR count). The van der Waals surface area contributed by atoms with Gasteiger partial charge in [0.1, 0.15) is 11.5 Å². The minimum absolute atomic E-state index is 0.114. The normalized spacial score (nSPS) is 23.0. The minimum atomic E-state index is 0.114. The van der Waals surface area contributed by atoms with Crippen molar-refractivity contribution in [3.05, 3.63) is 5.69 Å². The molecule has 1 unspecified atom stereocenters. The summed E-state index contributed by atoms with van der Waals surface area (Å²) >= 11 is 0. The van der Waals surface area contributed by atoms with Crippen LogP contribution in [0, 0.1) is 5.92 Å². The first-order valence-corrected chi connectivity index (χ1v) is 6.81. The highest BCUT2D eigenvalue weighted by Gasteiger charge is 2.36. The minimum Gasteiger partial charge on any atom is -0.365 e. The van der Waals surface area contributed by atoms with Crippen molar-refractivity contribution in [1.29, 1.82) is 0 Å². The second-order valence-electron chi connectivity index (χ2n) is 5.38. The largest absolute Gasteiger partial charge is 0.365 e. The lowest BCUT2D eigenvalue weighted by Crippen LogP contribution is -2.25. The van der Waals surface area contributed by atoms with E-state index in [-0.39, 0.29) is 11.9 Å². The fourth-order valence-electron chi connectivity index (χ4n) is 2.69. The van der Waals surface area contributed by atoms with Gasteiger partial charge in [-0.25, -0.2) is 0 Å². The second-order valence-corrected chi connectivity index (χ2v) is 5.38. The van der Waals surface area contributed by atoms with Gasteiger partial charge in [-0.05, 0) is 25.2 Å². The standard InChI is InChI=1S/C13H20N4O/c1-3-4-9-12-13(17(2)16-9)14-10(8-5-6-8)7-11(18)15-12/h8,10,14H,3-7H2,1-2H3,(H,15,18). The van der Waals surface area contributed by atoms with Crippen LogP contribution >= 0.6 is 0 Å². The molecule has 2 aliphatic rings. The third-order valence-electron chi connectivity index (χ3n) is 3.79. The van der Waals surface area contributed by atoms with Crippen molar-refractivity contribution < 1.29 is 4.79 Å². The number of carbonyl (C=O) groups excluding carboxylic acids is 1. The monoisotopic (exact) mass is 248 g/mol. The third-order valence-corrected chi connectivity index (χ3v) is 3.79. The Hall–Kier alpha value is -1.52. The predicted octanol–water partition coefficient (Wildman–Crippen LogP) is 1.91. The maximum atomic E-state index is 12.0. The van der Waals surface area contributed by atoms with Gasteiger partial charge in [0.05, 0.1) is 5.69 Å². The summed E-state index contributed by atoms with van der Waals surface area (Å²) in [7, 11) is 1.94. The molecule has 18 heavy (non-hydrogen) atoms. The van der Waals surface area contributed by atoms with Crippen molar-refractivity contribution in [3.63, 3.8) is 0 Å². The molecule has 1 amide bonds. The van der Waals surface area contributed by atoms with E-state index >= 15 is 0 Å². The molecule has 98 valence electrons. The number of carbonyl (C=O) groups is 1. The van der Waals surface area contributed by atoms with Crippen LogP contribution in [0.15, 0.2) is 0 Å². The van der Waals surface area contributed by atoms with Crippen LogP contribution in [0.4, 0.5) is 11.5 Å². The number of aromatic nitrogens is 2. The van der Waals surface area contributed by atoms with Crippen molar-refractivity contribution in [1.82, 2.24) is 9.78 Å². The number of hydrogen-bond acceptors (Lipinski definition) is 3. The smallest absolute Gasteiger partial charge is 0.226 e. The summed E-state index contributed by atoms with van der Waals surface area (Å²) < 4.78 is 1.86. The molecule has 1 saturated carbocycles. The van der Waals surface area contributed by atoms with Crippen LogP contribution in [0.5, 0.6) is 0 Å². The highest BCUT2D eigenvalue weighted by atomic mass is 16.1. The maximum Gasteiger partial charge on any atom is 0.226 e. The molecule has 1 aromatic heterocycles. The van der Waals surface area contributed by atoms with Crippen LogP contribution in [0.2, 0.25) is 0 Å². The number of fused-ring (bicyclic) bond motifs is 1. The highest BCUT2D eigenvalue weighted by molar-refractivity contribution is 5.96. The van der Waals surface area contributed by atoms with E-state index in [9.17, 15) is 4.79 Å². The molecule has 0 aromatic carbocycles. The third kappa shape index (κ3) is 1.98. The zero-order chi connectivity index (χ0) is 12.7. The van der Waals surface area contributed by atoms with Crippen molar-refractivity contribution in [2.24, 2.45) is 13.0 Å². The zero-order valence-electron chi connectivity index (χ0n) is 11.0. The van der Waals surface area contributed by atoms with E-state index in [1.54, 1.807) is 0 Å². The second kappa shape index (κ2) is 4.30. The molecule has 2 N–H and O–H groups in total. The van der Waals surface area contributed by atoms with Crippen LogP contribution in [0.25, 0.3) is 0 Å². The number of nitrogens with one attached hydrogen (secondary N) is 2. The molecule has 0 saturated heterocycles. The Bertz CT molecular complexity index is 476. The first-order chi connectivity index (χ1) is 8.69. The molecule has 0 spiro atoms. The molecule has 1 aliphatic carbocycles. The molecule has 0 radical (unpaired) electrons. The Balaban J connectivity index is 1.95. The number of nitrogens with zero attached hydrogens (tertiary/aromatic N) is 2. The maximum absolute atomic E-state index is 12.0. The molecule has 0 bridgehead atoms. The Morgan fingerprint density at radius 1 is 1.44 bits per heavy atom. The van der Waals surface area contributed by atoms with Gasteiger partial charge in [0.25, 0.3) is 0 Å². The van der Waals surface area contributed by atoms with E-state index < -0.39 is 0 Å². The van der Waals surface area contributed by atoms with E-state index in [2.05, 4.69) is 22.7 Å². The molecule has 2 heterocycles. The Morgan fingerprint density at radius 3 is 2.89 bits per heavy atom. The predicted molar refractivity (Wildman–Crippen MR) is 70.6 cm³/mol. The lowest BCUT2D eigenvalue weighted by Gasteiger charge is -2.15. The summed E-state index contributed by atoms with van der Waals surface area (Å²) in [5.74, 6) is 1.75. The number of hydrogen-bond donors (Lipinski definition) is 2. The van der Waals surface area contributed by atoms with E-state index in [1.807, 2.05) is 11.7 Å². The lowest BCUT2D eigenvalue weighted by atomic mass is 10.1. The molecule has 1 atom stereocenters. The van der Waals surface area contributed by atoms with Gasteiger partial charge in [-0.15, -0.1) is 0 Å². The van der Waals surface area contributed by atoms with Gasteiger partial charge < -0.3 is 10.6 Å². The van der Waals surface area contributed by atoms with Crippen LogP contribution in [0.3, 0.4) is 0 Å². The fraction of sp³-hybridized carbons (Fsp3) is 0.692.